The van der Waals surface area contributed by atoms with Crippen LogP contribution in [0.25, 0.3) is 6.08 Å². The van der Waals surface area contributed by atoms with E-state index >= 15 is 0 Å². The third kappa shape index (κ3) is 3.97. The van der Waals surface area contributed by atoms with Gasteiger partial charge in [0.1, 0.15) is 17.9 Å². The fourth-order valence-electron chi connectivity index (χ4n) is 2.60. The molecule has 7 heteroatoms. The fourth-order valence-corrected chi connectivity index (χ4v) is 3.11. The summed E-state index contributed by atoms with van der Waals surface area (Å²) in [6, 6.07) is 11.1. The van der Waals surface area contributed by atoms with Crippen molar-refractivity contribution in [3.8, 4) is 18.1 Å². The predicted octanol–water partition coefficient (Wildman–Crippen LogP) is 3.44. The maximum atomic E-state index is 12.8. The predicted molar refractivity (Wildman–Crippen MR) is 109 cm³/mol. The van der Waals surface area contributed by atoms with Crippen molar-refractivity contribution in [2.24, 2.45) is 0 Å². The van der Waals surface area contributed by atoms with Crippen molar-refractivity contribution in [1.82, 2.24) is 5.32 Å². The highest BCUT2D eigenvalue weighted by Crippen LogP contribution is 2.28. The number of barbiturate groups is 1. The molecular weight excluding hydrogens is 424 g/mol. The first-order valence-electron chi connectivity index (χ1n) is 8.24. The van der Waals surface area contributed by atoms with Gasteiger partial charge in [-0.2, -0.15) is 0 Å². The van der Waals surface area contributed by atoms with Crippen LogP contribution in [0.1, 0.15) is 11.1 Å². The van der Waals surface area contributed by atoms with Gasteiger partial charge in [-0.15, -0.1) is 6.42 Å². The van der Waals surface area contributed by atoms with Gasteiger partial charge in [-0.05, 0) is 58.8 Å². The quantitative estimate of drug-likeness (QED) is 0.450. The largest absolute Gasteiger partial charge is 0.480 e. The summed E-state index contributed by atoms with van der Waals surface area (Å²) in [5.74, 6) is 1.47. The average Bonchev–Trinajstić information content (AvgIpc) is 2.66. The first kappa shape index (κ1) is 19.4. The van der Waals surface area contributed by atoms with E-state index in [1.54, 1.807) is 42.5 Å². The summed E-state index contributed by atoms with van der Waals surface area (Å²) in [4.78, 5) is 38.2. The summed E-state index contributed by atoms with van der Waals surface area (Å²) in [6.07, 6.45) is 6.59. The molecule has 28 heavy (non-hydrogen) atoms. The van der Waals surface area contributed by atoms with Gasteiger partial charge < -0.3 is 4.74 Å². The van der Waals surface area contributed by atoms with Crippen LogP contribution in [0.2, 0.25) is 0 Å². The lowest BCUT2D eigenvalue weighted by Crippen LogP contribution is -2.54. The number of hydrogen-bond acceptors (Lipinski definition) is 4. The van der Waals surface area contributed by atoms with Crippen LogP contribution in [0.15, 0.2) is 52.5 Å². The van der Waals surface area contributed by atoms with Crippen molar-refractivity contribution in [1.29, 1.82) is 0 Å². The highest BCUT2D eigenvalue weighted by Gasteiger charge is 2.36. The molecule has 2 aromatic rings. The summed E-state index contributed by atoms with van der Waals surface area (Å²) in [5.41, 5.74) is 1.80. The Bertz CT molecular complexity index is 1040. The molecule has 0 spiro atoms. The molecule has 1 heterocycles. The van der Waals surface area contributed by atoms with E-state index in [1.807, 2.05) is 6.92 Å². The normalized spacial score (nSPS) is 15.4. The molecule has 0 saturated carbocycles. The summed E-state index contributed by atoms with van der Waals surface area (Å²) in [7, 11) is 0. The van der Waals surface area contributed by atoms with E-state index in [-0.39, 0.29) is 12.2 Å². The molecule has 1 fully saturated rings. The first-order chi connectivity index (χ1) is 13.4. The van der Waals surface area contributed by atoms with Gasteiger partial charge >= 0.3 is 6.03 Å². The van der Waals surface area contributed by atoms with Crippen LogP contribution in [0.4, 0.5) is 10.5 Å². The summed E-state index contributed by atoms with van der Waals surface area (Å²) >= 11 is 3.36. The fraction of sp³-hybridized carbons (Fsp3) is 0.0952. The summed E-state index contributed by atoms with van der Waals surface area (Å²) in [6.45, 7) is 2.01. The van der Waals surface area contributed by atoms with Crippen LogP contribution in [0.3, 0.4) is 0 Å². The SMILES string of the molecule is C#CCOc1ccc(/C=C2\C(=O)NC(=O)N(c3ccc(C)cc3)C2=O)cc1Br. The third-order valence-electron chi connectivity index (χ3n) is 3.97. The Morgan fingerprint density at radius 2 is 1.89 bits per heavy atom. The van der Waals surface area contributed by atoms with Gasteiger partial charge in [-0.1, -0.05) is 29.7 Å². The minimum Gasteiger partial charge on any atom is -0.480 e. The van der Waals surface area contributed by atoms with Crippen molar-refractivity contribution < 1.29 is 19.1 Å². The Balaban J connectivity index is 1.94. The third-order valence-corrected chi connectivity index (χ3v) is 4.59. The van der Waals surface area contributed by atoms with E-state index < -0.39 is 17.8 Å². The van der Waals surface area contributed by atoms with Gasteiger partial charge in [0.15, 0.2) is 0 Å². The molecule has 2 aromatic carbocycles. The Morgan fingerprint density at radius 1 is 1.18 bits per heavy atom. The Kier molecular flexibility index (Phi) is 5.62. The number of nitrogens with zero attached hydrogens (tertiary/aromatic N) is 1. The number of halogens is 1. The van der Waals surface area contributed by atoms with Crippen molar-refractivity contribution in [2.75, 3.05) is 11.5 Å². The van der Waals surface area contributed by atoms with E-state index in [0.29, 0.717) is 21.5 Å². The van der Waals surface area contributed by atoms with Crippen LogP contribution in [-0.4, -0.2) is 24.5 Å². The number of aryl methyl sites for hydroxylation is 1. The van der Waals surface area contributed by atoms with Crippen LogP contribution in [0.5, 0.6) is 5.75 Å². The highest BCUT2D eigenvalue weighted by molar-refractivity contribution is 9.10. The van der Waals surface area contributed by atoms with Gasteiger partial charge in [0.05, 0.1) is 10.2 Å². The molecule has 3 rings (SSSR count). The number of imide groups is 2. The molecule has 6 nitrogen and oxygen atoms in total. The van der Waals surface area contributed by atoms with Crippen LogP contribution in [-0.2, 0) is 9.59 Å². The number of hydrogen-bond donors (Lipinski definition) is 1. The van der Waals surface area contributed by atoms with E-state index in [1.165, 1.54) is 6.08 Å². The zero-order chi connectivity index (χ0) is 20.3. The van der Waals surface area contributed by atoms with E-state index in [0.717, 1.165) is 10.5 Å². The standard InChI is InChI=1S/C21H15BrN2O4/c1-3-10-28-18-9-6-14(12-17(18)22)11-16-19(25)23-21(27)24(20(16)26)15-7-4-13(2)5-8-15/h1,4-9,11-12H,10H2,2H3,(H,23,25,27)/b16-11+. The lowest BCUT2D eigenvalue weighted by molar-refractivity contribution is -0.122. The molecule has 1 aliphatic rings. The molecular formula is C21H15BrN2O4. The van der Waals surface area contributed by atoms with Gasteiger partial charge in [-0.3, -0.25) is 14.9 Å². The van der Waals surface area contributed by atoms with Gasteiger partial charge in [0.2, 0.25) is 0 Å². The summed E-state index contributed by atoms with van der Waals surface area (Å²) in [5, 5.41) is 2.20. The van der Waals surface area contributed by atoms with E-state index in [2.05, 4.69) is 27.2 Å². The second-order valence-corrected chi connectivity index (χ2v) is 6.83. The second kappa shape index (κ2) is 8.11. The smallest absolute Gasteiger partial charge is 0.335 e. The molecule has 0 aliphatic carbocycles. The number of ether oxygens (including phenoxy) is 1. The van der Waals surface area contributed by atoms with Crippen molar-refractivity contribution in [3.05, 3.63) is 63.6 Å². The van der Waals surface area contributed by atoms with Crippen LogP contribution in [0, 0.1) is 19.3 Å². The van der Waals surface area contributed by atoms with Gasteiger partial charge in [-0.25, -0.2) is 9.69 Å². The molecule has 1 aliphatic heterocycles. The minimum absolute atomic E-state index is 0.119. The minimum atomic E-state index is -0.782. The topological polar surface area (TPSA) is 75.7 Å². The lowest BCUT2D eigenvalue weighted by atomic mass is 10.1. The maximum Gasteiger partial charge on any atom is 0.335 e. The number of terminal acetylenes is 1. The van der Waals surface area contributed by atoms with Crippen molar-refractivity contribution in [3.63, 3.8) is 0 Å². The number of benzene rings is 2. The number of amides is 4. The number of carbonyl (C=O) groups is 3. The lowest BCUT2D eigenvalue weighted by Gasteiger charge is -2.26. The molecule has 4 amide bonds. The van der Waals surface area contributed by atoms with Gasteiger partial charge in [0.25, 0.3) is 11.8 Å². The Morgan fingerprint density at radius 3 is 2.54 bits per heavy atom. The van der Waals surface area contributed by atoms with E-state index in [4.69, 9.17) is 11.2 Å². The molecule has 1 N–H and O–H groups in total. The number of carbonyl (C=O) groups excluding carboxylic acids is 3. The molecule has 0 atom stereocenters. The van der Waals surface area contributed by atoms with E-state index in [9.17, 15) is 14.4 Å². The monoisotopic (exact) mass is 438 g/mol. The zero-order valence-electron chi connectivity index (χ0n) is 14.9. The Labute approximate surface area is 170 Å². The average molecular weight is 439 g/mol. The second-order valence-electron chi connectivity index (χ2n) is 5.98. The molecule has 0 unspecified atom stereocenters. The van der Waals surface area contributed by atoms with Gasteiger partial charge in [0, 0.05) is 0 Å². The summed E-state index contributed by atoms with van der Waals surface area (Å²) < 4.78 is 5.99. The highest BCUT2D eigenvalue weighted by atomic mass is 79.9. The molecule has 0 bridgehead atoms. The molecule has 0 aromatic heterocycles. The molecule has 1 saturated heterocycles. The van der Waals surface area contributed by atoms with Crippen LogP contribution >= 0.6 is 15.9 Å². The van der Waals surface area contributed by atoms with Crippen molar-refractivity contribution >= 4 is 45.5 Å². The molecule has 140 valence electrons. The number of anilines is 1. The van der Waals surface area contributed by atoms with Crippen molar-refractivity contribution in [2.45, 2.75) is 6.92 Å². The first-order valence-corrected chi connectivity index (χ1v) is 9.04. The number of urea groups is 1. The Hall–Kier alpha value is -3.37. The number of nitrogens with one attached hydrogen (secondary N) is 1. The maximum absolute atomic E-state index is 12.8. The zero-order valence-corrected chi connectivity index (χ0v) is 16.4. The van der Waals surface area contributed by atoms with Crippen LogP contribution < -0.4 is 15.0 Å². The number of rotatable bonds is 4. The molecule has 0 radical (unpaired) electrons.